The van der Waals surface area contributed by atoms with Gasteiger partial charge in [-0.25, -0.2) is 0 Å². The number of hydrogen-bond acceptors (Lipinski definition) is 3. The van der Waals surface area contributed by atoms with Gasteiger partial charge in [0.25, 0.3) is 0 Å². The summed E-state index contributed by atoms with van der Waals surface area (Å²) in [6.45, 7) is 3.75. The molecule has 94 valence electrons. The topological polar surface area (TPSA) is 62.3 Å². The molecule has 0 saturated heterocycles. The molecule has 17 heavy (non-hydrogen) atoms. The van der Waals surface area contributed by atoms with Crippen molar-refractivity contribution in [1.29, 1.82) is 5.41 Å². The lowest BCUT2D eigenvalue weighted by molar-refractivity contribution is 0.0837. The lowest BCUT2D eigenvalue weighted by atomic mass is 10.1. The van der Waals surface area contributed by atoms with Crippen molar-refractivity contribution in [3.05, 3.63) is 35.4 Å². The molecule has 0 fully saturated rings. The molecule has 0 spiro atoms. The van der Waals surface area contributed by atoms with Gasteiger partial charge in [0.05, 0.1) is 6.10 Å². The molecule has 0 aliphatic rings. The van der Waals surface area contributed by atoms with Crippen LogP contribution in [0.4, 0.5) is 0 Å². The van der Waals surface area contributed by atoms with Gasteiger partial charge < -0.3 is 10.5 Å². The number of hydrogen-bond donors (Lipinski definition) is 2. The second kappa shape index (κ2) is 6.37. The van der Waals surface area contributed by atoms with Gasteiger partial charge in [-0.3, -0.25) is 10.3 Å². The standard InChI is InChI=1S/C13H21N3O/c1-10(17-3)8-16(2)9-11-5-4-6-12(7-11)13(14)15/h4-7,10H,8-9H2,1-3H3,(H3,14,15). The van der Waals surface area contributed by atoms with Crippen molar-refractivity contribution >= 4 is 5.84 Å². The third-order valence-corrected chi connectivity index (χ3v) is 2.66. The molecular weight excluding hydrogens is 214 g/mol. The minimum atomic E-state index is 0.111. The molecule has 1 rings (SSSR count). The molecule has 0 radical (unpaired) electrons. The van der Waals surface area contributed by atoms with Gasteiger partial charge in [0.2, 0.25) is 0 Å². The van der Waals surface area contributed by atoms with Gasteiger partial charge >= 0.3 is 0 Å². The van der Waals surface area contributed by atoms with Gasteiger partial charge in [-0.1, -0.05) is 18.2 Å². The molecule has 0 aliphatic carbocycles. The maximum Gasteiger partial charge on any atom is 0.122 e. The van der Waals surface area contributed by atoms with Gasteiger partial charge in [0, 0.05) is 25.8 Å². The van der Waals surface area contributed by atoms with E-state index in [2.05, 4.69) is 11.9 Å². The lowest BCUT2D eigenvalue weighted by Crippen LogP contribution is -2.28. The summed E-state index contributed by atoms with van der Waals surface area (Å²) in [5.41, 5.74) is 7.40. The molecule has 1 aromatic carbocycles. The number of likely N-dealkylation sites (N-methyl/N-ethyl adjacent to an activating group) is 1. The van der Waals surface area contributed by atoms with Crippen LogP contribution in [0.2, 0.25) is 0 Å². The van der Waals surface area contributed by atoms with Crippen LogP contribution < -0.4 is 5.73 Å². The Morgan fingerprint density at radius 3 is 2.82 bits per heavy atom. The SMILES string of the molecule is COC(C)CN(C)Cc1cccc(C(=N)N)c1. The van der Waals surface area contributed by atoms with Crippen LogP contribution in [0.5, 0.6) is 0 Å². The Hall–Kier alpha value is -1.39. The number of nitrogens with two attached hydrogens (primary N) is 1. The van der Waals surface area contributed by atoms with Crippen LogP contribution >= 0.6 is 0 Å². The summed E-state index contributed by atoms with van der Waals surface area (Å²) in [4.78, 5) is 2.19. The van der Waals surface area contributed by atoms with Crippen molar-refractivity contribution in [2.45, 2.75) is 19.6 Å². The van der Waals surface area contributed by atoms with E-state index in [-0.39, 0.29) is 11.9 Å². The van der Waals surface area contributed by atoms with E-state index < -0.39 is 0 Å². The first-order valence-electron chi connectivity index (χ1n) is 5.67. The van der Waals surface area contributed by atoms with Gasteiger partial charge in [-0.2, -0.15) is 0 Å². The summed E-state index contributed by atoms with van der Waals surface area (Å²) in [5, 5.41) is 7.40. The zero-order valence-electron chi connectivity index (χ0n) is 10.7. The number of benzene rings is 1. The fourth-order valence-corrected chi connectivity index (χ4v) is 1.73. The van der Waals surface area contributed by atoms with Gasteiger partial charge in [0.1, 0.15) is 5.84 Å². The van der Waals surface area contributed by atoms with Gasteiger partial charge in [-0.05, 0) is 25.6 Å². The molecule has 3 N–H and O–H groups in total. The molecule has 4 nitrogen and oxygen atoms in total. The second-order valence-corrected chi connectivity index (χ2v) is 4.36. The van der Waals surface area contributed by atoms with Crippen LogP contribution in [0, 0.1) is 5.41 Å². The van der Waals surface area contributed by atoms with Gasteiger partial charge in [0.15, 0.2) is 0 Å². The summed E-state index contributed by atoms with van der Waals surface area (Å²) in [7, 11) is 3.77. The lowest BCUT2D eigenvalue weighted by Gasteiger charge is -2.20. The molecule has 1 unspecified atom stereocenters. The molecule has 0 aliphatic heterocycles. The molecule has 0 amide bonds. The Balaban J connectivity index is 2.62. The number of nitrogen functional groups attached to an aromatic ring is 1. The number of nitrogens with one attached hydrogen (secondary N) is 1. The van der Waals surface area contributed by atoms with Crippen LogP contribution in [0.3, 0.4) is 0 Å². The monoisotopic (exact) mass is 235 g/mol. The van der Waals surface area contributed by atoms with Crippen molar-refractivity contribution in [3.63, 3.8) is 0 Å². The molecule has 4 heteroatoms. The Kier molecular flexibility index (Phi) is 5.12. The summed E-state index contributed by atoms with van der Waals surface area (Å²) in [5.74, 6) is 0.111. The first-order valence-corrected chi connectivity index (χ1v) is 5.67. The summed E-state index contributed by atoms with van der Waals surface area (Å²) < 4.78 is 5.22. The van der Waals surface area contributed by atoms with E-state index in [0.717, 1.165) is 24.2 Å². The van der Waals surface area contributed by atoms with Crippen molar-refractivity contribution in [2.24, 2.45) is 5.73 Å². The van der Waals surface area contributed by atoms with Crippen molar-refractivity contribution in [1.82, 2.24) is 4.90 Å². The van der Waals surface area contributed by atoms with Crippen LogP contribution in [0.1, 0.15) is 18.1 Å². The highest BCUT2D eigenvalue weighted by Gasteiger charge is 2.06. The smallest absolute Gasteiger partial charge is 0.122 e. The molecule has 0 saturated carbocycles. The van der Waals surface area contributed by atoms with E-state index in [9.17, 15) is 0 Å². The zero-order chi connectivity index (χ0) is 12.8. The number of nitrogens with zero attached hydrogens (tertiary/aromatic N) is 1. The molecule has 0 heterocycles. The Morgan fingerprint density at radius 2 is 2.24 bits per heavy atom. The van der Waals surface area contributed by atoms with E-state index >= 15 is 0 Å². The first kappa shape index (κ1) is 13.7. The molecule has 1 atom stereocenters. The number of rotatable bonds is 6. The molecular formula is C13H21N3O. The van der Waals surface area contributed by atoms with E-state index in [1.165, 1.54) is 0 Å². The number of amidine groups is 1. The quantitative estimate of drug-likeness (QED) is 0.579. The van der Waals surface area contributed by atoms with Crippen LogP contribution in [0.15, 0.2) is 24.3 Å². The minimum absolute atomic E-state index is 0.111. The van der Waals surface area contributed by atoms with Gasteiger partial charge in [-0.15, -0.1) is 0 Å². The third-order valence-electron chi connectivity index (χ3n) is 2.66. The summed E-state index contributed by atoms with van der Waals surface area (Å²) in [6.07, 6.45) is 0.219. The van der Waals surface area contributed by atoms with Crippen molar-refractivity contribution < 1.29 is 4.74 Å². The highest BCUT2D eigenvalue weighted by Crippen LogP contribution is 2.07. The summed E-state index contributed by atoms with van der Waals surface area (Å²) in [6, 6.07) is 7.78. The Morgan fingerprint density at radius 1 is 1.53 bits per heavy atom. The van der Waals surface area contributed by atoms with Crippen molar-refractivity contribution in [2.75, 3.05) is 20.7 Å². The average molecular weight is 235 g/mol. The average Bonchev–Trinajstić information content (AvgIpc) is 2.28. The van der Waals surface area contributed by atoms with Crippen LogP contribution in [-0.4, -0.2) is 37.5 Å². The number of ether oxygens (including phenoxy) is 1. The van der Waals surface area contributed by atoms with E-state index in [0.29, 0.717) is 0 Å². The highest BCUT2D eigenvalue weighted by molar-refractivity contribution is 5.95. The second-order valence-electron chi connectivity index (χ2n) is 4.36. The fourth-order valence-electron chi connectivity index (χ4n) is 1.73. The van der Waals surface area contributed by atoms with Crippen molar-refractivity contribution in [3.8, 4) is 0 Å². The summed E-state index contributed by atoms with van der Waals surface area (Å²) >= 11 is 0. The third kappa shape index (κ3) is 4.54. The maximum absolute atomic E-state index is 7.40. The van der Waals surface area contributed by atoms with E-state index in [1.54, 1.807) is 7.11 Å². The molecule has 1 aromatic rings. The maximum atomic E-state index is 7.40. The zero-order valence-corrected chi connectivity index (χ0v) is 10.7. The normalized spacial score (nSPS) is 12.7. The molecule has 0 bridgehead atoms. The largest absolute Gasteiger partial charge is 0.384 e. The first-order chi connectivity index (χ1) is 8.02. The van der Waals surface area contributed by atoms with Crippen LogP contribution in [-0.2, 0) is 11.3 Å². The van der Waals surface area contributed by atoms with E-state index in [1.807, 2.05) is 31.2 Å². The predicted molar refractivity (Wildman–Crippen MR) is 70.3 cm³/mol. The highest BCUT2D eigenvalue weighted by atomic mass is 16.5. The fraction of sp³-hybridized carbons (Fsp3) is 0.462. The van der Waals surface area contributed by atoms with E-state index in [4.69, 9.17) is 15.9 Å². The Bertz CT molecular complexity index is 379. The number of methoxy groups -OCH3 is 1. The predicted octanol–water partition coefficient (Wildman–Crippen LogP) is 1.44. The Labute approximate surface area is 103 Å². The minimum Gasteiger partial charge on any atom is -0.384 e. The van der Waals surface area contributed by atoms with Crippen LogP contribution in [0.25, 0.3) is 0 Å². The molecule has 0 aromatic heterocycles.